The number of benzene rings is 1. The van der Waals surface area contributed by atoms with E-state index in [2.05, 4.69) is 5.32 Å². The highest BCUT2D eigenvalue weighted by molar-refractivity contribution is 5.28. The first-order valence-corrected chi connectivity index (χ1v) is 6.79. The summed E-state index contributed by atoms with van der Waals surface area (Å²) in [5, 5.41) is 3.30. The van der Waals surface area contributed by atoms with Crippen molar-refractivity contribution in [2.45, 2.75) is 32.2 Å². The minimum absolute atomic E-state index is 0.0000552. The maximum absolute atomic E-state index is 13.7. The Morgan fingerprint density at radius 3 is 2.90 bits per heavy atom. The average molecular weight is 283 g/mol. The summed E-state index contributed by atoms with van der Waals surface area (Å²) >= 11 is 0. The second-order valence-corrected chi connectivity index (χ2v) is 5.60. The predicted octanol–water partition coefficient (Wildman–Crippen LogP) is 2.12. The van der Waals surface area contributed by atoms with Crippen LogP contribution in [0.1, 0.15) is 19.4 Å². The second kappa shape index (κ2) is 6.52. The number of hydrogen-bond donors (Lipinski definition) is 1. The van der Waals surface area contributed by atoms with Crippen LogP contribution in [0.2, 0.25) is 0 Å². The number of rotatable bonds is 5. The molecule has 0 aromatic heterocycles. The molecule has 1 heterocycles. The quantitative estimate of drug-likeness (QED) is 0.898. The van der Waals surface area contributed by atoms with Crippen molar-refractivity contribution in [1.82, 2.24) is 5.32 Å². The van der Waals surface area contributed by atoms with Crippen molar-refractivity contribution in [2.24, 2.45) is 0 Å². The van der Waals surface area contributed by atoms with Crippen LogP contribution in [0.5, 0.6) is 5.75 Å². The fourth-order valence-electron chi connectivity index (χ4n) is 2.23. The van der Waals surface area contributed by atoms with Crippen LogP contribution in [0.15, 0.2) is 18.2 Å². The molecular weight excluding hydrogens is 261 g/mol. The lowest BCUT2D eigenvalue weighted by molar-refractivity contribution is -0.122. The van der Waals surface area contributed by atoms with Gasteiger partial charge in [0.25, 0.3) is 0 Å². The molecule has 0 aliphatic carbocycles. The average Bonchev–Trinajstić information content (AvgIpc) is 2.39. The lowest BCUT2D eigenvalue weighted by atomic mass is 10.1. The first-order chi connectivity index (χ1) is 9.50. The highest BCUT2D eigenvalue weighted by atomic mass is 19.1. The van der Waals surface area contributed by atoms with Crippen molar-refractivity contribution < 1.29 is 18.6 Å². The monoisotopic (exact) mass is 283 g/mol. The number of halogens is 1. The molecule has 0 radical (unpaired) electrons. The maximum atomic E-state index is 13.7. The Morgan fingerprint density at radius 1 is 1.45 bits per heavy atom. The Hall–Kier alpha value is -1.17. The molecule has 0 saturated carbocycles. The van der Waals surface area contributed by atoms with E-state index in [0.29, 0.717) is 17.9 Å². The lowest BCUT2D eigenvalue weighted by Gasteiger charge is -2.36. The van der Waals surface area contributed by atoms with Crippen LogP contribution in [0, 0.1) is 5.82 Å². The minimum atomic E-state index is -0.313. The van der Waals surface area contributed by atoms with Crippen LogP contribution in [0.25, 0.3) is 0 Å². The number of methoxy groups -OCH3 is 1. The molecule has 1 N–H and O–H groups in total. The van der Waals surface area contributed by atoms with E-state index in [-0.39, 0.29) is 24.1 Å². The van der Waals surface area contributed by atoms with Gasteiger partial charge in [-0.3, -0.25) is 0 Å². The van der Waals surface area contributed by atoms with Gasteiger partial charge in [-0.1, -0.05) is 6.07 Å². The normalized spacial score (nSPS) is 21.7. The van der Waals surface area contributed by atoms with Crippen LogP contribution < -0.4 is 10.1 Å². The van der Waals surface area contributed by atoms with E-state index >= 15 is 0 Å². The van der Waals surface area contributed by atoms with Crippen molar-refractivity contribution >= 4 is 0 Å². The van der Waals surface area contributed by atoms with Crippen LogP contribution >= 0.6 is 0 Å². The first-order valence-electron chi connectivity index (χ1n) is 6.79. The predicted molar refractivity (Wildman–Crippen MR) is 74.4 cm³/mol. The summed E-state index contributed by atoms with van der Waals surface area (Å²) in [5.41, 5.74) is 0.339. The molecule has 2 rings (SSSR count). The van der Waals surface area contributed by atoms with E-state index in [9.17, 15) is 4.39 Å². The Balaban J connectivity index is 1.81. The van der Waals surface area contributed by atoms with Gasteiger partial charge >= 0.3 is 0 Å². The van der Waals surface area contributed by atoms with Crippen LogP contribution in [0.4, 0.5) is 4.39 Å². The zero-order chi connectivity index (χ0) is 14.6. The molecule has 4 nitrogen and oxygen atoms in total. The molecule has 5 heteroatoms. The zero-order valence-electron chi connectivity index (χ0n) is 12.2. The molecular formula is C15H22FNO3. The highest BCUT2D eigenvalue weighted by Gasteiger charge is 2.28. The van der Waals surface area contributed by atoms with E-state index in [1.165, 1.54) is 13.2 Å². The van der Waals surface area contributed by atoms with Crippen molar-refractivity contribution in [3.05, 3.63) is 29.6 Å². The highest BCUT2D eigenvalue weighted by Crippen LogP contribution is 2.18. The Morgan fingerprint density at radius 2 is 2.25 bits per heavy atom. The zero-order valence-corrected chi connectivity index (χ0v) is 12.2. The maximum Gasteiger partial charge on any atom is 0.132 e. The molecule has 1 saturated heterocycles. The molecule has 20 heavy (non-hydrogen) atoms. The number of morpholine rings is 1. The van der Waals surface area contributed by atoms with Crippen molar-refractivity contribution in [2.75, 3.05) is 26.8 Å². The molecule has 0 bridgehead atoms. The van der Waals surface area contributed by atoms with E-state index in [1.807, 2.05) is 13.8 Å². The topological polar surface area (TPSA) is 39.7 Å². The summed E-state index contributed by atoms with van der Waals surface area (Å²) in [7, 11) is 1.51. The molecule has 1 fully saturated rings. The summed E-state index contributed by atoms with van der Waals surface area (Å²) in [5.74, 6) is 0.195. The van der Waals surface area contributed by atoms with Crippen molar-refractivity contribution in [3.63, 3.8) is 0 Å². The van der Waals surface area contributed by atoms with Crippen LogP contribution in [0.3, 0.4) is 0 Å². The summed E-state index contributed by atoms with van der Waals surface area (Å²) < 4.78 is 30.1. The van der Waals surface area contributed by atoms with Gasteiger partial charge in [0.05, 0.1) is 32.0 Å². The molecule has 1 aliphatic rings. The van der Waals surface area contributed by atoms with E-state index in [1.54, 1.807) is 12.1 Å². The van der Waals surface area contributed by atoms with Gasteiger partial charge < -0.3 is 19.5 Å². The van der Waals surface area contributed by atoms with E-state index < -0.39 is 0 Å². The molecule has 1 aromatic rings. The number of hydrogen-bond acceptors (Lipinski definition) is 4. The Kier molecular flexibility index (Phi) is 4.96. The third-order valence-electron chi connectivity index (χ3n) is 3.23. The fraction of sp³-hybridized carbons (Fsp3) is 0.600. The molecule has 0 amide bonds. The van der Waals surface area contributed by atoms with Gasteiger partial charge in [-0.15, -0.1) is 0 Å². The van der Waals surface area contributed by atoms with Gasteiger partial charge in [0.15, 0.2) is 0 Å². The van der Waals surface area contributed by atoms with Crippen LogP contribution in [-0.4, -0.2) is 38.5 Å². The van der Waals surface area contributed by atoms with Crippen molar-refractivity contribution in [1.29, 1.82) is 0 Å². The second-order valence-electron chi connectivity index (χ2n) is 5.60. The first kappa shape index (κ1) is 15.2. The van der Waals surface area contributed by atoms with E-state index in [4.69, 9.17) is 14.2 Å². The van der Waals surface area contributed by atoms with Gasteiger partial charge in [0, 0.05) is 24.7 Å². The minimum Gasteiger partial charge on any atom is -0.497 e. The van der Waals surface area contributed by atoms with Crippen molar-refractivity contribution in [3.8, 4) is 5.75 Å². The largest absolute Gasteiger partial charge is 0.497 e. The molecule has 1 atom stereocenters. The smallest absolute Gasteiger partial charge is 0.132 e. The summed E-state index contributed by atoms with van der Waals surface area (Å²) in [4.78, 5) is 0. The Bertz CT molecular complexity index is 451. The van der Waals surface area contributed by atoms with E-state index in [0.717, 1.165) is 13.1 Å². The van der Waals surface area contributed by atoms with Gasteiger partial charge in [-0.2, -0.15) is 0 Å². The SMILES string of the molecule is COc1ccc(COCC2CNCC(C)(C)O2)c(F)c1. The van der Waals surface area contributed by atoms with Gasteiger partial charge in [-0.25, -0.2) is 4.39 Å². The number of ether oxygens (including phenoxy) is 3. The van der Waals surface area contributed by atoms with Gasteiger partial charge in [0.1, 0.15) is 11.6 Å². The third-order valence-corrected chi connectivity index (χ3v) is 3.23. The molecule has 1 aliphatic heterocycles. The fourth-order valence-corrected chi connectivity index (χ4v) is 2.23. The standard InChI is InChI=1S/C15H22FNO3/c1-15(2)10-17-7-13(20-15)9-19-8-11-4-5-12(18-3)6-14(11)16/h4-6,13,17H,7-10H2,1-3H3. The number of nitrogens with one attached hydrogen (secondary N) is 1. The lowest BCUT2D eigenvalue weighted by Crippen LogP contribution is -2.51. The third kappa shape index (κ3) is 4.16. The molecule has 112 valence electrons. The van der Waals surface area contributed by atoms with Gasteiger partial charge in [0.2, 0.25) is 0 Å². The van der Waals surface area contributed by atoms with Crippen LogP contribution in [-0.2, 0) is 16.1 Å². The van der Waals surface area contributed by atoms with Gasteiger partial charge in [-0.05, 0) is 19.9 Å². The molecule has 1 unspecified atom stereocenters. The molecule has 1 aromatic carbocycles. The summed E-state index contributed by atoms with van der Waals surface area (Å²) in [6.07, 6.45) is 0.0000552. The molecule has 0 spiro atoms. The Labute approximate surface area is 119 Å². The summed E-state index contributed by atoms with van der Waals surface area (Å²) in [6, 6.07) is 4.77. The summed E-state index contributed by atoms with van der Waals surface area (Å²) in [6.45, 7) is 6.34.